The standard InChI is InChI=1S/C14H12FNOS/c15-12-4-2-1-3-11(12)13-5-6-14(17)16(13)10-7-8-18-9-10/h1-4,7-9,13H,5-6H2. The Morgan fingerprint density at radius 1 is 1.28 bits per heavy atom. The monoisotopic (exact) mass is 261 g/mol. The topological polar surface area (TPSA) is 20.3 Å². The van der Waals surface area contributed by atoms with Gasteiger partial charge in [-0.15, -0.1) is 0 Å². The van der Waals surface area contributed by atoms with Crippen molar-refractivity contribution < 1.29 is 9.18 Å². The number of thiophene rings is 1. The second kappa shape index (κ2) is 4.53. The van der Waals surface area contributed by atoms with Crippen molar-refractivity contribution in [2.45, 2.75) is 18.9 Å². The Morgan fingerprint density at radius 2 is 2.11 bits per heavy atom. The molecule has 2 heterocycles. The van der Waals surface area contributed by atoms with E-state index in [0.717, 1.165) is 5.69 Å². The molecule has 1 atom stereocenters. The van der Waals surface area contributed by atoms with Crippen molar-refractivity contribution in [2.75, 3.05) is 4.90 Å². The number of carbonyl (C=O) groups is 1. The third kappa shape index (κ3) is 1.82. The number of hydrogen-bond acceptors (Lipinski definition) is 2. The van der Waals surface area contributed by atoms with Crippen molar-refractivity contribution in [2.24, 2.45) is 0 Å². The van der Waals surface area contributed by atoms with Gasteiger partial charge in [-0.2, -0.15) is 11.3 Å². The summed E-state index contributed by atoms with van der Waals surface area (Å²) in [5, 5.41) is 3.86. The van der Waals surface area contributed by atoms with Crippen LogP contribution in [0.1, 0.15) is 24.4 Å². The van der Waals surface area contributed by atoms with Crippen molar-refractivity contribution in [1.82, 2.24) is 0 Å². The maximum Gasteiger partial charge on any atom is 0.227 e. The zero-order valence-electron chi connectivity index (χ0n) is 9.67. The summed E-state index contributed by atoms with van der Waals surface area (Å²) in [5.74, 6) is -0.168. The SMILES string of the molecule is O=C1CCC(c2ccccc2F)N1c1ccsc1. The van der Waals surface area contributed by atoms with E-state index < -0.39 is 0 Å². The van der Waals surface area contributed by atoms with E-state index in [4.69, 9.17) is 0 Å². The fourth-order valence-electron chi connectivity index (χ4n) is 2.44. The molecule has 0 aliphatic carbocycles. The normalized spacial score (nSPS) is 19.5. The predicted octanol–water partition coefficient (Wildman–Crippen LogP) is 3.76. The van der Waals surface area contributed by atoms with Gasteiger partial charge in [0, 0.05) is 17.4 Å². The molecule has 3 rings (SSSR count). The summed E-state index contributed by atoms with van der Waals surface area (Å²) in [6, 6.07) is 8.43. The molecule has 92 valence electrons. The van der Waals surface area contributed by atoms with Crippen LogP contribution in [-0.4, -0.2) is 5.91 Å². The lowest BCUT2D eigenvalue weighted by Crippen LogP contribution is -2.27. The van der Waals surface area contributed by atoms with E-state index in [2.05, 4.69) is 0 Å². The molecule has 1 amide bonds. The third-order valence-corrected chi connectivity index (χ3v) is 3.93. The van der Waals surface area contributed by atoms with Gasteiger partial charge in [-0.05, 0) is 23.9 Å². The third-order valence-electron chi connectivity index (χ3n) is 3.26. The van der Waals surface area contributed by atoms with Gasteiger partial charge in [-0.3, -0.25) is 4.79 Å². The number of carbonyl (C=O) groups excluding carboxylic acids is 1. The summed E-state index contributed by atoms with van der Waals surface area (Å²) in [6.07, 6.45) is 1.16. The van der Waals surface area contributed by atoms with Crippen LogP contribution in [0, 0.1) is 5.82 Å². The molecule has 0 saturated carbocycles. The van der Waals surface area contributed by atoms with Gasteiger partial charge in [0.15, 0.2) is 0 Å². The van der Waals surface area contributed by atoms with Crippen molar-refractivity contribution in [3.63, 3.8) is 0 Å². The summed E-state index contributed by atoms with van der Waals surface area (Å²) < 4.78 is 13.8. The highest BCUT2D eigenvalue weighted by molar-refractivity contribution is 7.08. The van der Waals surface area contributed by atoms with Crippen LogP contribution < -0.4 is 4.90 Å². The minimum Gasteiger partial charge on any atom is -0.304 e. The molecule has 1 unspecified atom stereocenters. The molecule has 1 saturated heterocycles. The maximum atomic E-state index is 13.8. The fraction of sp³-hybridized carbons (Fsp3) is 0.214. The highest BCUT2D eigenvalue weighted by Crippen LogP contribution is 2.38. The number of hydrogen-bond donors (Lipinski definition) is 0. The largest absolute Gasteiger partial charge is 0.304 e. The zero-order chi connectivity index (χ0) is 12.5. The zero-order valence-corrected chi connectivity index (χ0v) is 10.5. The molecule has 0 bridgehead atoms. The van der Waals surface area contributed by atoms with Crippen LogP contribution >= 0.6 is 11.3 Å². The lowest BCUT2D eigenvalue weighted by Gasteiger charge is -2.24. The van der Waals surface area contributed by atoms with E-state index in [1.807, 2.05) is 22.9 Å². The molecule has 18 heavy (non-hydrogen) atoms. The summed E-state index contributed by atoms with van der Waals surface area (Å²) in [7, 11) is 0. The molecular formula is C14H12FNOS. The van der Waals surface area contributed by atoms with E-state index in [9.17, 15) is 9.18 Å². The van der Waals surface area contributed by atoms with Gasteiger partial charge in [-0.1, -0.05) is 18.2 Å². The number of nitrogens with zero attached hydrogens (tertiary/aromatic N) is 1. The van der Waals surface area contributed by atoms with E-state index in [1.54, 1.807) is 28.4 Å². The molecular weight excluding hydrogens is 249 g/mol. The first-order valence-electron chi connectivity index (χ1n) is 5.86. The Balaban J connectivity index is 2.02. The van der Waals surface area contributed by atoms with E-state index in [0.29, 0.717) is 18.4 Å². The Labute approximate surface area is 109 Å². The number of rotatable bonds is 2. The van der Waals surface area contributed by atoms with Crippen LogP contribution in [0.4, 0.5) is 10.1 Å². The number of amides is 1. The Morgan fingerprint density at radius 3 is 2.83 bits per heavy atom. The van der Waals surface area contributed by atoms with Crippen LogP contribution in [0.5, 0.6) is 0 Å². The number of anilines is 1. The van der Waals surface area contributed by atoms with E-state index in [1.165, 1.54) is 6.07 Å². The van der Waals surface area contributed by atoms with Gasteiger partial charge in [0.05, 0.1) is 11.7 Å². The maximum absolute atomic E-state index is 13.8. The Hall–Kier alpha value is -1.68. The molecule has 1 aliphatic heterocycles. The first kappa shape index (κ1) is 11.4. The van der Waals surface area contributed by atoms with Gasteiger partial charge in [0.1, 0.15) is 5.82 Å². The molecule has 1 aromatic carbocycles. The second-order valence-electron chi connectivity index (χ2n) is 4.32. The highest BCUT2D eigenvalue weighted by Gasteiger charge is 2.34. The van der Waals surface area contributed by atoms with Crippen molar-refractivity contribution in [3.8, 4) is 0 Å². The van der Waals surface area contributed by atoms with E-state index >= 15 is 0 Å². The van der Waals surface area contributed by atoms with Crippen LogP contribution in [-0.2, 0) is 4.79 Å². The van der Waals surface area contributed by atoms with Crippen molar-refractivity contribution >= 4 is 22.9 Å². The van der Waals surface area contributed by atoms with Gasteiger partial charge >= 0.3 is 0 Å². The van der Waals surface area contributed by atoms with Crippen LogP contribution in [0.25, 0.3) is 0 Å². The van der Waals surface area contributed by atoms with Gasteiger partial charge in [0.2, 0.25) is 5.91 Å². The average Bonchev–Trinajstić information content (AvgIpc) is 2.98. The first-order valence-corrected chi connectivity index (χ1v) is 6.80. The highest BCUT2D eigenvalue weighted by atomic mass is 32.1. The Bertz CT molecular complexity index is 567. The Kier molecular flexibility index (Phi) is 2.88. The molecule has 2 aromatic rings. The molecule has 1 fully saturated rings. The fourth-order valence-corrected chi connectivity index (χ4v) is 3.07. The molecule has 4 heteroatoms. The molecule has 1 aromatic heterocycles. The van der Waals surface area contributed by atoms with Gasteiger partial charge in [0.25, 0.3) is 0 Å². The minimum atomic E-state index is -0.238. The summed E-state index contributed by atoms with van der Waals surface area (Å²) in [6.45, 7) is 0. The van der Waals surface area contributed by atoms with Crippen LogP contribution in [0.2, 0.25) is 0 Å². The van der Waals surface area contributed by atoms with Gasteiger partial charge in [-0.25, -0.2) is 4.39 Å². The van der Waals surface area contributed by atoms with Crippen LogP contribution in [0.3, 0.4) is 0 Å². The summed E-state index contributed by atoms with van der Waals surface area (Å²) in [4.78, 5) is 13.7. The molecule has 1 aliphatic rings. The smallest absolute Gasteiger partial charge is 0.227 e. The molecule has 2 nitrogen and oxygen atoms in total. The number of benzene rings is 1. The van der Waals surface area contributed by atoms with E-state index in [-0.39, 0.29) is 17.8 Å². The van der Waals surface area contributed by atoms with Gasteiger partial charge < -0.3 is 4.90 Å². The summed E-state index contributed by atoms with van der Waals surface area (Å²) >= 11 is 1.54. The quantitative estimate of drug-likeness (QED) is 0.806. The van der Waals surface area contributed by atoms with Crippen molar-refractivity contribution in [1.29, 1.82) is 0 Å². The molecule has 0 N–H and O–H groups in total. The summed E-state index contributed by atoms with van der Waals surface area (Å²) in [5.41, 5.74) is 1.48. The predicted molar refractivity (Wildman–Crippen MR) is 70.2 cm³/mol. The molecule has 0 radical (unpaired) electrons. The number of halogens is 1. The average molecular weight is 261 g/mol. The molecule has 0 spiro atoms. The minimum absolute atomic E-state index is 0.0710. The van der Waals surface area contributed by atoms with Crippen molar-refractivity contribution in [3.05, 3.63) is 52.5 Å². The lowest BCUT2D eigenvalue weighted by molar-refractivity contribution is -0.117. The van der Waals surface area contributed by atoms with Crippen LogP contribution in [0.15, 0.2) is 41.1 Å². The lowest BCUT2D eigenvalue weighted by atomic mass is 10.0. The second-order valence-corrected chi connectivity index (χ2v) is 5.10. The first-order chi connectivity index (χ1) is 8.77.